The Balaban J connectivity index is 2.04. The molecule has 19 heavy (non-hydrogen) atoms. The maximum atomic E-state index is 12.4. The molecule has 104 valence electrons. The molecule has 1 saturated heterocycles. The molecule has 2 atom stereocenters. The fraction of sp³-hybridized carbons (Fsp3) is 0.533. The number of carbonyl (C=O) groups excluding carboxylic acids is 1. The van der Waals surface area contributed by atoms with Gasteiger partial charge in [0, 0.05) is 24.1 Å². The summed E-state index contributed by atoms with van der Waals surface area (Å²) in [6.07, 6.45) is 1.11. The third-order valence-electron chi connectivity index (χ3n) is 3.61. The standard InChI is InChI=1S/C15H22N2OS/c1-3-13-10-17(8-9-19-13)15(18)14(16)12-6-4-11(2)5-7-12/h4-7,13-14H,3,8-10,16H2,1-2H3. The van der Waals surface area contributed by atoms with Crippen LogP contribution in [-0.2, 0) is 4.79 Å². The molecule has 1 heterocycles. The predicted octanol–water partition coefficient (Wildman–Crippen LogP) is 2.35. The first kappa shape index (κ1) is 14.4. The molecule has 1 aromatic rings. The van der Waals surface area contributed by atoms with Crippen LogP contribution in [-0.4, -0.2) is 34.9 Å². The van der Waals surface area contributed by atoms with Gasteiger partial charge in [0.05, 0.1) is 0 Å². The van der Waals surface area contributed by atoms with Crippen molar-refractivity contribution in [3.63, 3.8) is 0 Å². The summed E-state index contributed by atoms with van der Waals surface area (Å²) in [6, 6.07) is 7.38. The molecule has 3 nitrogen and oxygen atoms in total. The van der Waals surface area contributed by atoms with Gasteiger partial charge in [0.25, 0.3) is 0 Å². The molecule has 1 aliphatic heterocycles. The molecule has 0 aromatic heterocycles. The summed E-state index contributed by atoms with van der Waals surface area (Å²) in [5.74, 6) is 1.08. The molecule has 0 radical (unpaired) electrons. The van der Waals surface area contributed by atoms with Crippen molar-refractivity contribution in [3.05, 3.63) is 35.4 Å². The molecule has 1 amide bonds. The van der Waals surface area contributed by atoms with Crippen LogP contribution in [0.5, 0.6) is 0 Å². The normalized spacial score (nSPS) is 21.2. The van der Waals surface area contributed by atoms with E-state index < -0.39 is 6.04 Å². The van der Waals surface area contributed by atoms with Crippen LogP contribution in [0, 0.1) is 6.92 Å². The molecule has 0 aliphatic carbocycles. The summed E-state index contributed by atoms with van der Waals surface area (Å²) in [4.78, 5) is 14.4. The van der Waals surface area contributed by atoms with E-state index in [4.69, 9.17) is 5.73 Å². The van der Waals surface area contributed by atoms with E-state index in [1.54, 1.807) is 0 Å². The maximum Gasteiger partial charge on any atom is 0.244 e. The number of benzene rings is 1. The largest absolute Gasteiger partial charge is 0.339 e. The van der Waals surface area contributed by atoms with Gasteiger partial charge in [-0.05, 0) is 18.9 Å². The van der Waals surface area contributed by atoms with Crippen LogP contribution in [0.1, 0.15) is 30.5 Å². The van der Waals surface area contributed by atoms with Crippen molar-refractivity contribution in [2.24, 2.45) is 5.73 Å². The van der Waals surface area contributed by atoms with Crippen molar-refractivity contribution < 1.29 is 4.79 Å². The fourth-order valence-electron chi connectivity index (χ4n) is 2.28. The minimum absolute atomic E-state index is 0.0580. The Morgan fingerprint density at radius 1 is 1.47 bits per heavy atom. The summed E-state index contributed by atoms with van der Waals surface area (Å²) in [5.41, 5.74) is 8.20. The average Bonchev–Trinajstić information content (AvgIpc) is 2.46. The summed E-state index contributed by atoms with van der Waals surface area (Å²) in [7, 11) is 0. The first-order valence-corrected chi connectivity index (χ1v) is 7.89. The summed E-state index contributed by atoms with van der Waals surface area (Å²) >= 11 is 1.96. The lowest BCUT2D eigenvalue weighted by Crippen LogP contribution is -2.45. The van der Waals surface area contributed by atoms with E-state index in [0.717, 1.165) is 30.8 Å². The molecular formula is C15H22N2OS. The molecule has 0 spiro atoms. The SMILES string of the molecule is CCC1CN(C(=O)C(N)c2ccc(C)cc2)CCS1. The van der Waals surface area contributed by atoms with Gasteiger partial charge in [-0.15, -0.1) is 0 Å². The van der Waals surface area contributed by atoms with Crippen molar-refractivity contribution in [3.8, 4) is 0 Å². The van der Waals surface area contributed by atoms with Crippen LogP contribution >= 0.6 is 11.8 Å². The average molecular weight is 278 g/mol. The number of nitrogens with two attached hydrogens (primary N) is 1. The third-order valence-corrected chi connectivity index (χ3v) is 4.98. The first-order chi connectivity index (χ1) is 9.11. The van der Waals surface area contributed by atoms with Crippen LogP contribution in [0.15, 0.2) is 24.3 Å². The molecule has 0 saturated carbocycles. The Hall–Kier alpha value is -1.00. The molecule has 0 bridgehead atoms. The van der Waals surface area contributed by atoms with E-state index in [9.17, 15) is 4.79 Å². The number of nitrogens with zero attached hydrogens (tertiary/aromatic N) is 1. The van der Waals surface area contributed by atoms with Crippen LogP contribution < -0.4 is 5.73 Å². The minimum Gasteiger partial charge on any atom is -0.339 e. The molecule has 4 heteroatoms. The first-order valence-electron chi connectivity index (χ1n) is 6.84. The minimum atomic E-state index is -0.527. The van der Waals surface area contributed by atoms with Crippen LogP contribution in [0.4, 0.5) is 0 Å². The van der Waals surface area contributed by atoms with Crippen molar-refractivity contribution in [2.45, 2.75) is 31.6 Å². The predicted molar refractivity (Wildman–Crippen MR) is 81.2 cm³/mol. The van der Waals surface area contributed by atoms with E-state index >= 15 is 0 Å². The molecule has 2 N–H and O–H groups in total. The Morgan fingerprint density at radius 3 is 2.79 bits per heavy atom. The summed E-state index contributed by atoms with van der Waals surface area (Å²) in [6.45, 7) is 5.86. The van der Waals surface area contributed by atoms with Gasteiger partial charge in [-0.3, -0.25) is 4.79 Å². The van der Waals surface area contributed by atoms with Gasteiger partial charge in [0.15, 0.2) is 0 Å². The van der Waals surface area contributed by atoms with Gasteiger partial charge in [0.2, 0.25) is 5.91 Å². The van der Waals surface area contributed by atoms with Gasteiger partial charge in [-0.1, -0.05) is 36.8 Å². The Bertz CT molecular complexity index is 432. The number of carbonyl (C=O) groups is 1. The number of aryl methyl sites for hydroxylation is 1. The van der Waals surface area contributed by atoms with E-state index in [-0.39, 0.29) is 5.91 Å². The Kier molecular flexibility index (Phi) is 4.88. The van der Waals surface area contributed by atoms with Gasteiger partial charge >= 0.3 is 0 Å². The quantitative estimate of drug-likeness (QED) is 0.923. The number of thioether (sulfide) groups is 1. The van der Waals surface area contributed by atoms with E-state index in [1.165, 1.54) is 5.56 Å². The highest BCUT2D eigenvalue weighted by atomic mass is 32.2. The second-order valence-corrected chi connectivity index (χ2v) is 6.48. The van der Waals surface area contributed by atoms with E-state index in [0.29, 0.717) is 5.25 Å². The fourth-order valence-corrected chi connectivity index (χ4v) is 3.46. The lowest BCUT2D eigenvalue weighted by atomic mass is 10.0. The molecule has 1 aliphatic rings. The number of hydrogen-bond acceptors (Lipinski definition) is 3. The van der Waals surface area contributed by atoms with E-state index in [2.05, 4.69) is 6.92 Å². The zero-order chi connectivity index (χ0) is 13.8. The summed E-state index contributed by atoms with van der Waals surface area (Å²) in [5, 5.41) is 0.558. The van der Waals surface area contributed by atoms with Gasteiger partial charge in [0.1, 0.15) is 6.04 Å². The Labute approximate surface area is 119 Å². The van der Waals surface area contributed by atoms with Gasteiger partial charge < -0.3 is 10.6 Å². The molecule has 2 unspecified atom stereocenters. The van der Waals surface area contributed by atoms with Crippen molar-refractivity contribution in [1.29, 1.82) is 0 Å². The topological polar surface area (TPSA) is 46.3 Å². The van der Waals surface area contributed by atoms with E-state index in [1.807, 2.05) is 47.9 Å². The van der Waals surface area contributed by atoms with Crippen LogP contribution in [0.25, 0.3) is 0 Å². The smallest absolute Gasteiger partial charge is 0.244 e. The van der Waals surface area contributed by atoms with Crippen molar-refractivity contribution >= 4 is 17.7 Å². The van der Waals surface area contributed by atoms with Gasteiger partial charge in [-0.25, -0.2) is 0 Å². The molecular weight excluding hydrogens is 256 g/mol. The highest BCUT2D eigenvalue weighted by molar-refractivity contribution is 8.00. The monoisotopic (exact) mass is 278 g/mol. The lowest BCUT2D eigenvalue weighted by molar-refractivity contribution is -0.132. The van der Waals surface area contributed by atoms with Crippen LogP contribution in [0.3, 0.4) is 0 Å². The van der Waals surface area contributed by atoms with Crippen molar-refractivity contribution in [2.75, 3.05) is 18.8 Å². The summed E-state index contributed by atoms with van der Waals surface area (Å²) < 4.78 is 0. The maximum absolute atomic E-state index is 12.4. The number of amides is 1. The molecule has 1 aromatic carbocycles. The number of hydrogen-bond donors (Lipinski definition) is 1. The van der Waals surface area contributed by atoms with Crippen molar-refractivity contribution in [1.82, 2.24) is 4.90 Å². The molecule has 2 rings (SSSR count). The highest BCUT2D eigenvalue weighted by Crippen LogP contribution is 2.23. The highest BCUT2D eigenvalue weighted by Gasteiger charge is 2.27. The zero-order valence-electron chi connectivity index (χ0n) is 11.6. The molecule has 1 fully saturated rings. The Morgan fingerprint density at radius 2 is 2.16 bits per heavy atom. The second kappa shape index (κ2) is 6.44. The lowest BCUT2D eigenvalue weighted by Gasteiger charge is -2.33. The third kappa shape index (κ3) is 3.51. The second-order valence-electron chi connectivity index (χ2n) is 5.07. The number of rotatable bonds is 3. The van der Waals surface area contributed by atoms with Gasteiger partial charge in [-0.2, -0.15) is 11.8 Å². The zero-order valence-corrected chi connectivity index (χ0v) is 12.5. The van der Waals surface area contributed by atoms with Crippen LogP contribution in [0.2, 0.25) is 0 Å².